The standard InChI is InChI=1S/C13H16N4O2/c1-10-4-5-11(13(19)16-10)12(18)14-6-2-8-17-9-3-7-15-17/h3-5,7,9H,2,6,8H2,1H3,(H,14,18)(H,16,19). The van der Waals surface area contributed by atoms with Crippen molar-refractivity contribution in [3.05, 3.63) is 52.2 Å². The molecule has 0 aromatic carbocycles. The molecule has 2 aromatic heterocycles. The van der Waals surface area contributed by atoms with Gasteiger partial charge in [0, 0.05) is 31.2 Å². The van der Waals surface area contributed by atoms with Crippen LogP contribution in [0, 0.1) is 6.92 Å². The normalized spacial score (nSPS) is 10.4. The molecule has 100 valence electrons. The summed E-state index contributed by atoms with van der Waals surface area (Å²) in [4.78, 5) is 26.0. The van der Waals surface area contributed by atoms with E-state index in [1.54, 1.807) is 23.9 Å². The second-order valence-corrected chi connectivity index (χ2v) is 4.26. The van der Waals surface area contributed by atoms with Crippen molar-refractivity contribution in [2.45, 2.75) is 19.9 Å². The summed E-state index contributed by atoms with van der Waals surface area (Å²) >= 11 is 0. The van der Waals surface area contributed by atoms with Gasteiger partial charge in [0.25, 0.3) is 11.5 Å². The zero-order valence-corrected chi connectivity index (χ0v) is 10.7. The van der Waals surface area contributed by atoms with E-state index < -0.39 is 0 Å². The minimum absolute atomic E-state index is 0.143. The maximum atomic E-state index is 11.8. The number of aryl methyl sites for hydroxylation is 2. The van der Waals surface area contributed by atoms with E-state index >= 15 is 0 Å². The van der Waals surface area contributed by atoms with Gasteiger partial charge in [0.1, 0.15) is 5.56 Å². The lowest BCUT2D eigenvalue weighted by atomic mass is 10.2. The smallest absolute Gasteiger partial charge is 0.260 e. The summed E-state index contributed by atoms with van der Waals surface area (Å²) in [5.41, 5.74) is 0.523. The van der Waals surface area contributed by atoms with E-state index in [2.05, 4.69) is 15.4 Å². The van der Waals surface area contributed by atoms with Crippen LogP contribution in [0.5, 0.6) is 0 Å². The number of aromatic amines is 1. The highest BCUT2D eigenvalue weighted by molar-refractivity contribution is 5.93. The van der Waals surface area contributed by atoms with E-state index in [0.717, 1.165) is 18.7 Å². The van der Waals surface area contributed by atoms with Gasteiger partial charge >= 0.3 is 0 Å². The van der Waals surface area contributed by atoms with Gasteiger partial charge in [-0.15, -0.1) is 0 Å². The summed E-state index contributed by atoms with van der Waals surface area (Å²) in [6, 6.07) is 5.10. The van der Waals surface area contributed by atoms with Gasteiger partial charge in [0.05, 0.1) is 0 Å². The Labute approximate surface area is 110 Å². The molecule has 2 aromatic rings. The van der Waals surface area contributed by atoms with E-state index in [4.69, 9.17) is 0 Å². The zero-order valence-electron chi connectivity index (χ0n) is 10.7. The molecule has 1 amide bonds. The first-order chi connectivity index (χ1) is 9.16. The summed E-state index contributed by atoms with van der Waals surface area (Å²) < 4.78 is 1.80. The lowest BCUT2D eigenvalue weighted by Crippen LogP contribution is -2.30. The van der Waals surface area contributed by atoms with Crippen LogP contribution in [-0.2, 0) is 6.54 Å². The molecule has 0 aliphatic heterocycles. The van der Waals surface area contributed by atoms with Crippen LogP contribution in [0.4, 0.5) is 0 Å². The van der Waals surface area contributed by atoms with Crippen LogP contribution < -0.4 is 10.9 Å². The molecule has 0 fully saturated rings. The molecule has 0 aliphatic rings. The molecular weight excluding hydrogens is 244 g/mol. The fraction of sp³-hybridized carbons (Fsp3) is 0.308. The number of nitrogens with zero attached hydrogens (tertiary/aromatic N) is 2. The third-order valence-electron chi connectivity index (χ3n) is 2.71. The van der Waals surface area contributed by atoms with E-state index in [0.29, 0.717) is 6.54 Å². The van der Waals surface area contributed by atoms with Gasteiger partial charge in [-0.25, -0.2) is 0 Å². The SMILES string of the molecule is Cc1ccc(C(=O)NCCCn2cccn2)c(=O)[nH]1. The average Bonchev–Trinajstić information content (AvgIpc) is 2.87. The van der Waals surface area contributed by atoms with Crippen molar-refractivity contribution in [1.29, 1.82) is 0 Å². The molecule has 2 rings (SSSR count). The molecule has 2 N–H and O–H groups in total. The predicted octanol–water partition coefficient (Wildman–Crippen LogP) is 0.700. The Balaban J connectivity index is 1.82. The van der Waals surface area contributed by atoms with Gasteiger partial charge < -0.3 is 10.3 Å². The van der Waals surface area contributed by atoms with Gasteiger partial charge in [0.15, 0.2) is 0 Å². The maximum Gasteiger partial charge on any atom is 0.260 e. The Bertz CT molecular complexity index is 601. The van der Waals surface area contributed by atoms with Crippen molar-refractivity contribution in [2.24, 2.45) is 0 Å². The average molecular weight is 260 g/mol. The number of carbonyl (C=O) groups is 1. The second kappa shape index (κ2) is 5.99. The van der Waals surface area contributed by atoms with E-state index in [9.17, 15) is 9.59 Å². The lowest BCUT2D eigenvalue weighted by molar-refractivity contribution is 0.0951. The fourth-order valence-corrected chi connectivity index (χ4v) is 1.72. The summed E-state index contributed by atoms with van der Waals surface area (Å²) in [5, 5.41) is 6.79. The number of pyridine rings is 1. The van der Waals surface area contributed by atoms with E-state index in [1.807, 2.05) is 12.3 Å². The predicted molar refractivity (Wildman–Crippen MR) is 71.0 cm³/mol. The third kappa shape index (κ3) is 3.54. The molecule has 0 saturated carbocycles. The quantitative estimate of drug-likeness (QED) is 0.777. The number of hydrogen-bond acceptors (Lipinski definition) is 3. The molecule has 0 radical (unpaired) electrons. The Hall–Kier alpha value is -2.37. The summed E-state index contributed by atoms with van der Waals surface area (Å²) in [5.74, 6) is -0.346. The first kappa shape index (κ1) is 13.1. The molecule has 0 spiro atoms. The molecule has 0 unspecified atom stereocenters. The molecule has 0 atom stereocenters. The number of amides is 1. The van der Waals surface area contributed by atoms with Crippen LogP contribution in [0.3, 0.4) is 0 Å². The van der Waals surface area contributed by atoms with Crippen LogP contribution in [-0.4, -0.2) is 27.2 Å². The Morgan fingerprint density at radius 1 is 1.47 bits per heavy atom. The Morgan fingerprint density at radius 3 is 3.00 bits per heavy atom. The molecule has 0 saturated heterocycles. The van der Waals surface area contributed by atoms with Crippen LogP contribution in [0.15, 0.2) is 35.4 Å². The third-order valence-corrected chi connectivity index (χ3v) is 2.71. The minimum atomic E-state index is -0.357. The molecule has 6 nitrogen and oxygen atoms in total. The number of nitrogens with one attached hydrogen (secondary N) is 2. The van der Waals surface area contributed by atoms with Gasteiger partial charge in [-0.05, 0) is 31.5 Å². The van der Waals surface area contributed by atoms with Gasteiger partial charge in [-0.2, -0.15) is 5.10 Å². The number of hydrogen-bond donors (Lipinski definition) is 2. The van der Waals surface area contributed by atoms with Crippen molar-refractivity contribution in [3.63, 3.8) is 0 Å². The van der Waals surface area contributed by atoms with Gasteiger partial charge in [0.2, 0.25) is 0 Å². The van der Waals surface area contributed by atoms with Crippen LogP contribution in [0.1, 0.15) is 22.5 Å². The van der Waals surface area contributed by atoms with Crippen molar-refractivity contribution in [2.75, 3.05) is 6.54 Å². The first-order valence-corrected chi connectivity index (χ1v) is 6.12. The highest BCUT2D eigenvalue weighted by Gasteiger charge is 2.09. The largest absolute Gasteiger partial charge is 0.352 e. The lowest BCUT2D eigenvalue weighted by Gasteiger charge is -2.05. The Kier molecular flexibility index (Phi) is 4.12. The molecular formula is C13H16N4O2. The van der Waals surface area contributed by atoms with Gasteiger partial charge in [-0.3, -0.25) is 14.3 Å². The number of carbonyl (C=O) groups excluding carboxylic acids is 1. The fourth-order valence-electron chi connectivity index (χ4n) is 1.72. The van der Waals surface area contributed by atoms with Crippen molar-refractivity contribution < 1.29 is 4.79 Å². The second-order valence-electron chi connectivity index (χ2n) is 4.26. The molecule has 6 heteroatoms. The van der Waals surface area contributed by atoms with Crippen LogP contribution in [0.2, 0.25) is 0 Å². The molecule has 2 heterocycles. The highest BCUT2D eigenvalue weighted by Crippen LogP contribution is 1.94. The highest BCUT2D eigenvalue weighted by atomic mass is 16.2. The number of H-pyrrole nitrogens is 1. The van der Waals surface area contributed by atoms with E-state index in [1.165, 1.54) is 6.07 Å². The molecule has 0 aliphatic carbocycles. The number of rotatable bonds is 5. The van der Waals surface area contributed by atoms with Crippen molar-refractivity contribution in [1.82, 2.24) is 20.1 Å². The monoisotopic (exact) mass is 260 g/mol. The van der Waals surface area contributed by atoms with E-state index in [-0.39, 0.29) is 17.0 Å². The minimum Gasteiger partial charge on any atom is -0.352 e. The van der Waals surface area contributed by atoms with Crippen molar-refractivity contribution in [3.8, 4) is 0 Å². The van der Waals surface area contributed by atoms with Crippen molar-refractivity contribution >= 4 is 5.91 Å². The zero-order chi connectivity index (χ0) is 13.7. The molecule has 0 bridgehead atoms. The summed E-state index contributed by atoms with van der Waals surface area (Å²) in [6.07, 6.45) is 4.34. The topological polar surface area (TPSA) is 79.8 Å². The van der Waals surface area contributed by atoms with Crippen LogP contribution in [0.25, 0.3) is 0 Å². The molecule has 19 heavy (non-hydrogen) atoms. The van der Waals surface area contributed by atoms with Crippen LogP contribution >= 0.6 is 0 Å². The summed E-state index contributed by atoms with van der Waals surface area (Å²) in [6.45, 7) is 3.01. The summed E-state index contributed by atoms with van der Waals surface area (Å²) in [7, 11) is 0. The maximum absolute atomic E-state index is 11.8. The van der Waals surface area contributed by atoms with Gasteiger partial charge in [-0.1, -0.05) is 0 Å². The Morgan fingerprint density at radius 2 is 2.32 bits per heavy atom. The first-order valence-electron chi connectivity index (χ1n) is 6.12. The number of aromatic nitrogens is 3.